The molecule has 0 radical (unpaired) electrons. The molecule has 0 aliphatic heterocycles. The van der Waals surface area contributed by atoms with Crippen LogP contribution in [0.15, 0.2) is 11.6 Å². The van der Waals surface area contributed by atoms with Crippen LogP contribution in [-0.2, 0) is 0 Å². The highest BCUT2D eigenvalue weighted by atomic mass is 35.5. The Kier molecular flexibility index (Phi) is 3.67. The molecule has 0 amide bonds. The fraction of sp³-hybridized carbons (Fsp3) is 0.714. The van der Waals surface area contributed by atoms with Crippen LogP contribution < -0.4 is 0 Å². The van der Waals surface area contributed by atoms with Gasteiger partial charge in [-0.25, -0.2) is 0 Å². The highest BCUT2D eigenvalue weighted by Crippen LogP contribution is 2.25. The Balaban J connectivity index is 3.39. The number of halogens is 1. The van der Waals surface area contributed by atoms with Crippen molar-refractivity contribution in [1.29, 1.82) is 0 Å². The Bertz CT molecular complexity index is 102. The maximum absolute atomic E-state index is 5.57. The summed E-state index contributed by atoms with van der Waals surface area (Å²) in [5.74, 6) is 0.852. The van der Waals surface area contributed by atoms with Gasteiger partial charge in [0.25, 0.3) is 0 Å². The van der Waals surface area contributed by atoms with Crippen LogP contribution in [0.5, 0.6) is 0 Å². The molecule has 0 saturated carbocycles. The number of hydrogen-bond acceptors (Lipinski definition) is 1. The summed E-state index contributed by atoms with van der Waals surface area (Å²) in [7, 11) is 0. The second-order valence-electron chi connectivity index (χ2n) is 2.92. The van der Waals surface area contributed by atoms with Crippen molar-refractivity contribution in [3.63, 3.8) is 0 Å². The van der Waals surface area contributed by atoms with E-state index in [9.17, 15) is 0 Å². The van der Waals surface area contributed by atoms with Gasteiger partial charge < -0.3 is 0 Å². The molecule has 0 aliphatic rings. The van der Waals surface area contributed by atoms with Crippen LogP contribution in [0, 0.1) is 0 Å². The average molecular weight is 165 g/mol. The van der Waals surface area contributed by atoms with Crippen LogP contribution >= 0.6 is 23.4 Å². The van der Waals surface area contributed by atoms with E-state index in [1.807, 2.05) is 11.8 Å². The van der Waals surface area contributed by atoms with Crippen LogP contribution in [0.1, 0.15) is 20.8 Å². The summed E-state index contributed by atoms with van der Waals surface area (Å²) in [6, 6.07) is 0. The van der Waals surface area contributed by atoms with Crippen LogP contribution in [0.2, 0.25) is 0 Å². The first-order chi connectivity index (χ1) is 3.92. The predicted octanol–water partition coefficient (Wildman–Crippen LogP) is 3.27. The van der Waals surface area contributed by atoms with Crippen LogP contribution in [0.4, 0.5) is 0 Å². The van der Waals surface area contributed by atoms with Gasteiger partial charge in [-0.05, 0) is 0 Å². The van der Waals surface area contributed by atoms with Crippen molar-refractivity contribution >= 4 is 23.4 Å². The van der Waals surface area contributed by atoms with Gasteiger partial charge in [0, 0.05) is 15.5 Å². The fourth-order valence-electron chi connectivity index (χ4n) is 0.295. The molecular weight excluding hydrogens is 152 g/mol. The summed E-state index contributed by atoms with van der Waals surface area (Å²) >= 11 is 7.38. The van der Waals surface area contributed by atoms with Gasteiger partial charge in [-0.3, -0.25) is 0 Å². The molecule has 0 fully saturated rings. The highest BCUT2D eigenvalue weighted by molar-refractivity contribution is 8.00. The Hall–Kier alpha value is 0.380. The van der Waals surface area contributed by atoms with E-state index in [0.29, 0.717) is 4.75 Å². The molecule has 0 aromatic carbocycles. The van der Waals surface area contributed by atoms with Gasteiger partial charge in [0.1, 0.15) is 0 Å². The maximum atomic E-state index is 5.57. The van der Waals surface area contributed by atoms with E-state index in [-0.39, 0.29) is 0 Å². The second kappa shape index (κ2) is 3.52. The van der Waals surface area contributed by atoms with E-state index in [2.05, 4.69) is 27.4 Å². The largest absolute Gasteiger partial charge is 0.150 e. The summed E-state index contributed by atoms with van der Waals surface area (Å²) in [6.07, 6.45) is 0. The third-order valence-corrected chi connectivity index (χ3v) is 2.31. The summed E-state index contributed by atoms with van der Waals surface area (Å²) in [5.41, 5.74) is 0. The maximum Gasteiger partial charge on any atom is 0.0291 e. The first kappa shape index (κ1) is 9.38. The normalized spacial score (nSPS) is 11.6. The SMILES string of the molecule is C=C(Cl)CSC(C)(C)C. The number of thioether (sulfide) groups is 1. The Morgan fingerprint density at radius 1 is 1.56 bits per heavy atom. The third kappa shape index (κ3) is 8.38. The van der Waals surface area contributed by atoms with Gasteiger partial charge in [-0.1, -0.05) is 39.0 Å². The van der Waals surface area contributed by atoms with Gasteiger partial charge in [0.2, 0.25) is 0 Å². The lowest BCUT2D eigenvalue weighted by Gasteiger charge is -2.16. The first-order valence-corrected chi connectivity index (χ1v) is 4.25. The van der Waals surface area contributed by atoms with E-state index < -0.39 is 0 Å². The monoisotopic (exact) mass is 164 g/mol. The molecular formula is C7H13ClS. The first-order valence-electron chi connectivity index (χ1n) is 2.89. The zero-order valence-electron chi connectivity index (χ0n) is 6.20. The Labute approximate surface area is 66.7 Å². The molecule has 0 N–H and O–H groups in total. The van der Waals surface area contributed by atoms with E-state index in [1.54, 1.807) is 0 Å². The second-order valence-corrected chi connectivity index (χ2v) is 5.25. The molecule has 0 aromatic rings. The lowest BCUT2D eigenvalue weighted by atomic mass is 10.3. The lowest BCUT2D eigenvalue weighted by molar-refractivity contribution is 0.804. The molecule has 0 aliphatic carbocycles. The van der Waals surface area contributed by atoms with E-state index >= 15 is 0 Å². The topological polar surface area (TPSA) is 0 Å². The van der Waals surface area contributed by atoms with Crippen LogP contribution in [0.3, 0.4) is 0 Å². The minimum absolute atomic E-state index is 0.303. The van der Waals surface area contributed by atoms with Crippen molar-refractivity contribution in [2.45, 2.75) is 25.5 Å². The van der Waals surface area contributed by atoms with Gasteiger partial charge in [-0.2, -0.15) is 11.8 Å². The van der Waals surface area contributed by atoms with Crippen LogP contribution in [-0.4, -0.2) is 10.5 Å². The molecule has 0 rings (SSSR count). The molecule has 0 atom stereocenters. The van der Waals surface area contributed by atoms with Crippen molar-refractivity contribution in [1.82, 2.24) is 0 Å². The minimum atomic E-state index is 0.303. The number of rotatable bonds is 2. The molecule has 9 heavy (non-hydrogen) atoms. The predicted molar refractivity (Wildman–Crippen MR) is 47.2 cm³/mol. The highest BCUT2D eigenvalue weighted by Gasteiger charge is 2.09. The summed E-state index contributed by atoms with van der Waals surface area (Å²) in [6.45, 7) is 10.1. The molecule has 0 saturated heterocycles. The average Bonchev–Trinajstić information content (AvgIpc) is 1.59. The van der Waals surface area contributed by atoms with Crippen molar-refractivity contribution in [2.24, 2.45) is 0 Å². The molecule has 0 aromatic heterocycles. The third-order valence-electron chi connectivity index (χ3n) is 0.662. The Morgan fingerprint density at radius 3 is 2.11 bits per heavy atom. The molecule has 0 nitrogen and oxygen atoms in total. The Morgan fingerprint density at radius 2 is 2.00 bits per heavy atom. The van der Waals surface area contributed by atoms with Gasteiger partial charge >= 0.3 is 0 Å². The minimum Gasteiger partial charge on any atom is -0.150 e. The zero-order valence-corrected chi connectivity index (χ0v) is 7.77. The van der Waals surface area contributed by atoms with Crippen molar-refractivity contribution in [2.75, 3.05) is 5.75 Å². The van der Waals surface area contributed by atoms with Crippen molar-refractivity contribution in [3.05, 3.63) is 11.6 Å². The molecule has 0 heterocycles. The molecule has 0 unspecified atom stereocenters. The van der Waals surface area contributed by atoms with Crippen molar-refractivity contribution in [3.8, 4) is 0 Å². The smallest absolute Gasteiger partial charge is 0.0291 e. The summed E-state index contributed by atoms with van der Waals surface area (Å²) < 4.78 is 0.303. The van der Waals surface area contributed by atoms with E-state index in [1.165, 1.54) is 0 Å². The zero-order chi connectivity index (χ0) is 7.49. The lowest BCUT2D eigenvalue weighted by Crippen LogP contribution is -2.07. The molecule has 0 bridgehead atoms. The van der Waals surface area contributed by atoms with Crippen LogP contribution in [0.25, 0.3) is 0 Å². The molecule has 0 spiro atoms. The van der Waals surface area contributed by atoms with Gasteiger partial charge in [0.05, 0.1) is 0 Å². The summed E-state index contributed by atoms with van der Waals surface area (Å²) in [5, 5.41) is 0.731. The van der Waals surface area contributed by atoms with Gasteiger partial charge in [-0.15, -0.1) is 0 Å². The van der Waals surface area contributed by atoms with E-state index in [0.717, 1.165) is 10.8 Å². The standard InChI is InChI=1S/C7H13ClS/c1-6(8)5-9-7(2,3)4/h1,5H2,2-4H3. The fourth-order valence-corrected chi connectivity index (χ4v) is 1.05. The van der Waals surface area contributed by atoms with E-state index in [4.69, 9.17) is 11.6 Å². The van der Waals surface area contributed by atoms with Crippen molar-refractivity contribution < 1.29 is 0 Å². The summed E-state index contributed by atoms with van der Waals surface area (Å²) in [4.78, 5) is 0. The molecule has 54 valence electrons. The molecule has 2 heteroatoms. The quantitative estimate of drug-likeness (QED) is 0.604. The number of hydrogen-bond donors (Lipinski definition) is 0. The van der Waals surface area contributed by atoms with Gasteiger partial charge in [0.15, 0.2) is 0 Å².